The van der Waals surface area contributed by atoms with Crippen molar-refractivity contribution in [1.82, 2.24) is 15.2 Å². The molecule has 0 saturated heterocycles. The Morgan fingerprint density at radius 2 is 1.60 bits per heavy atom. The first-order valence-electron chi connectivity index (χ1n) is 12.8. The topological polar surface area (TPSA) is 118 Å². The minimum absolute atomic E-state index is 0.0190. The zero-order valence-corrected chi connectivity index (χ0v) is 23.0. The molecule has 3 aromatic rings. The number of carbonyl (C=O) groups is 3. The lowest BCUT2D eigenvalue weighted by atomic mass is 9.92. The summed E-state index contributed by atoms with van der Waals surface area (Å²) in [4.78, 5) is 50.1. The van der Waals surface area contributed by atoms with Crippen LogP contribution in [0.3, 0.4) is 0 Å². The summed E-state index contributed by atoms with van der Waals surface area (Å²) in [6, 6.07) is 9.40. The third kappa shape index (κ3) is 6.99. The lowest BCUT2D eigenvalue weighted by Crippen LogP contribution is -2.49. The Hall–Kier alpha value is -4.34. The highest BCUT2D eigenvalue weighted by Crippen LogP contribution is 2.33. The van der Waals surface area contributed by atoms with Crippen molar-refractivity contribution in [3.63, 3.8) is 0 Å². The number of benzene rings is 2. The summed E-state index contributed by atoms with van der Waals surface area (Å²) in [5.41, 5.74) is 1.91. The molecule has 2 atom stereocenters. The number of aromatic nitrogens is 1. The summed E-state index contributed by atoms with van der Waals surface area (Å²) in [6.45, 7) is 7.29. The smallest absolute Gasteiger partial charge is 0.305 e. The monoisotopic (exact) mass is 553 g/mol. The Morgan fingerprint density at radius 1 is 0.975 bits per heavy atom. The van der Waals surface area contributed by atoms with Crippen molar-refractivity contribution in [2.45, 2.75) is 52.6 Å². The Balaban J connectivity index is 2.00. The maximum Gasteiger partial charge on any atom is 0.305 e. The first kappa shape index (κ1) is 30.2. The molecule has 2 aromatic carbocycles. The highest BCUT2D eigenvalue weighted by atomic mass is 19.2. The van der Waals surface area contributed by atoms with E-state index in [1.54, 1.807) is 0 Å². The largest absolute Gasteiger partial charge is 0.481 e. The molecular weight excluding hydrogens is 520 g/mol. The molecule has 0 unspecified atom stereocenters. The minimum Gasteiger partial charge on any atom is -0.481 e. The molecule has 1 heterocycles. The van der Waals surface area contributed by atoms with E-state index in [1.807, 2.05) is 45.9 Å². The average Bonchev–Trinajstić information content (AvgIpc) is 2.86. The summed E-state index contributed by atoms with van der Waals surface area (Å²) in [6.07, 6.45) is -0.564. The van der Waals surface area contributed by atoms with Crippen LogP contribution in [0.2, 0.25) is 0 Å². The fourth-order valence-electron chi connectivity index (χ4n) is 4.69. The van der Waals surface area contributed by atoms with E-state index in [1.165, 1.54) is 31.3 Å². The van der Waals surface area contributed by atoms with Crippen LogP contribution in [0.5, 0.6) is 0 Å². The van der Waals surface area contributed by atoms with E-state index in [4.69, 9.17) is 0 Å². The van der Waals surface area contributed by atoms with Crippen LogP contribution in [0.1, 0.15) is 59.9 Å². The molecule has 0 radical (unpaired) electrons. The van der Waals surface area contributed by atoms with Gasteiger partial charge in [-0.3, -0.25) is 19.2 Å². The van der Waals surface area contributed by atoms with Crippen LogP contribution in [0.4, 0.5) is 8.78 Å². The molecule has 212 valence electrons. The van der Waals surface area contributed by atoms with Crippen molar-refractivity contribution in [2.24, 2.45) is 13.0 Å². The summed E-state index contributed by atoms with van der Waals surface area (Å²) in [7, 11) is 1.41. The molecule has 0 aliphatic carbocycles. The number of nitrogens with one attached hydrogen (secondary N) is 2. The van der Waals surface area contributed by atoms with Gasteiger partial charge in [0, 0.05) is 18.7 Å². The van der Waals surface area contributed by atoms with Gasteiger partial charge in [-0.2, -0.15) is 0 Å². The predicted molar refractivity (Wildman–Crippen MR) is 147 cm³/mol. The van der Waals surface area contributed by atoms with Crippen molar-refractivity contribution in [3.05, 3.63) is 92.9 Å². The maximum atomic E-state index is 15.2. The number of carbonyl (C=O) groups excluding carboxylic acids is 2. The highest BCUT2D eigenvalue weighted by molar-refractivity contribution is 5.96. The molecule has 10 heteroatoms. The molecule has 2 amide bonds. The summed E-state index contributed by atoms with van der Waals surface area (Å²) >= 11 is 0. The Kier molecular flexibility index (Phi) is 9.57. The molecule has 0 aliphatic rings. The lowest BCUT2D eigenvalue weighted by Gasteiger charge is -2.25. The van der Waals surface area contributed by atoms with E-state index in [9.17, 15) is 28.7 Å². The van der Waals surface area contributed by atoms with Gasteiger partial charge in [0.2, 0.25) is 5.91 Å². The van der Waals surface area contributed by atoms with E-state index in [2.05, 4.69) is 10.6 Å². The van der Waals surface area contributed by atoms with Crippen molar-refractivity contribution < 1.29 is 28.3 Å². The van der Waals surface area contributed by atoms with E-state index in [-0.39, 0.29) is 23.6 Å². The average molecular weight is 554 g/mol. The molecule has 40 heavy (non-hydrogen) atoms. The predicted octanol–water partition coefficient (Wildman–Crippen LogP) is 4.42. The van der Waals surface area contributed by atoms with Crippen molar-refractivity contribution in [2.75, 3.05) is 0 Å². The van der Waals surface area contributed by atoms with Crippen LogP contribution < -0.4 is 16.2 Å². The Labute approximate surface area is 231 Å². The van der Waals surface area contributed by atoms with E-state index >= 15 is 4.39 Å². The number of amides is 2. The molecule has 0 bridgehead atoms. The van der Waals surface area contributed by atoms with Crippen LogP contribution in [-0.2, 0) is 16.6 Å². The number of carboxylic acid groups (broad SMARTS) is 1. The first-order chi connectivity index (χ1) is 18.8. The molecule has 8 nitrogen and oxygen atoms in total. The molecule has 3 N–H and O–H groups in total. The van der Waals surface area contributed by atoms with E-state index in [0.29, 0.717) is 11.1 Å². The molecule has 0 fully saturated rings. The number of pyridine rings is 1. The van der Waals surface area contributed by atoms with Gasteiger partial charge >= 0.3 is 5.97 Å². The second-order valence-corrected chi connectivity index (χ2v) is 10.3. The zero-order chi connectivity index (χ0) is 29.7. The lowest BCUT2D eigenvalue weighted by molar-refractivity contribution is -0.137. The van der Waals surface area contributed by atoms with Crippen molar-refractivity contribution in [1.29, 1.82) is 0 Å². The van der Waals surface area contributed by atoms with Gasteiger partial charge in [-0.15, -0.1) is 0 Å². The number of carboxylic acids is 1. The van der Waals surface area contributed by atoms with Crippen LogP contribution in [-0.4, -0.2) is 33.5 Å². The van der Waals surface area contributed by atoms with Gasteiger partial charge in [0.15, 0.2) is 11.6 Å². The van der Waals surface area contributed by atoms with Gasteiger partial charge in [0.25, 0.3) is 11.5 Å². The van der Waals surface area contributed by atoms with Crippen LogP contribution >= 0.6 is 0 Å². The molecule has 0 aliphatic heterocycles. The molecule has 1 aromatic heterocycles. The maximum absolute atomic E-state index is 15.2. The van der Waals surface area contributed by atoms with Gasteiger partial charge in [-0.25, -0.2) is 8.78 Å². The Morgan fingerprint density at radius 3 is 2.20 bits per heavy atom. The third-order valence-electron chi connectivity index (χ3n) is 6.64. The van der Waals surface area contributed by atoms with Crippen LogP contribution in [0.15, 0.2) is 53.3 Å². The first-order valence-corrected chi connectivity index (χ1v) is 12.8. The number of hydrogen-bond donors (Lipinski definition) is 3. The fourth-order valence-corrected chi connectivity index (χ4v) is 4.69. The molecule has 3 rings (SSSR count). The fraction of sp³-hybridized carbons (Fsp3) is 0.333. The summed E-state index contributed by atoms with van der Waals surface area (Å²) in [5, 5.41) is 14.7. The number of halogens is 2. The molecule has 0 spiro atoms. The summed E-state index contributed by atoms with van der Waals surface area (Å²) < 4.78 is 31.1. The number of nitrogens with zero attached hydrogens (tertiary/aromatic N) is 1. The van der Waals surface area contributed by atoms with E-state index in [0.717, 1.165) is 21.8 Å². The molecular formula is C30H33F2N3O5. The highest BCUT2D eigenvalue weighted by Gasteiger charge is 2.29. The second kappa shape index (κ2) is 12.7. The SMILES string of the molecule is Cc1cccc(C)c1-c1cc(F)c(F)c([C@H](CC(=O)O)NC(=O)[C@H](CC(C)C)NC(=O)c2cccc(=O)n2C)c1. The van der Waals surface area contributed by atoms with Crippen LogP contribution in [0.25, 0.3) is 11.1 Å². The van der Waals surface area contributed by atoms with Gasteiger partial charge in [0.05, 0.1) is 12.5 Å². The van der Waals surface area contributed by atoms with Crippen molar-refractivity contribution >= 4 is 17.8 Å². The zero-order valence-electron chi connectivity index (χ0n) is 23.0. The second-order valence-electron chi connectivity index (χ2n) is 10.3. The third-order valence-corrected chi connectivity index (χ3v) is 6.64. The Bertz CT molecular complexity index is 1480. The quantitative estimate of drug-likeness (QED) is 0.344. The number of aryl methyl sites for hydroxylation is 2. The van der Waals surface area contributed by atoms with Gasteiger partial charge < -0.3 is 20.3 Å². The van der Waals surface area contributed by atoms with Gasteiger partial charge in [0.1, 0.15) is 11.7 Å². The van der Waals surface area contributed by atoms with E-state index < -0.39 is 53.5 Å². The summed E-state index contributed by atoms with van der Waals surface area (Å²) in [5.74, 6) is -5.33. The molecule has 0 saturated carbocycles. The van der Waals surface area contributed by atoms with Crippen molar-refractivity contribution in [3.8, 4) is 11.1 Å². The van der Waals surface area contributed by atoms with Crippen LogP contribution in [0, 0.1) is 31.4 Å². The number of hydrogen-bond acceptors (Lipinski definition) is 4. The minimum atomic E-state index is -1.43. The normalized spacial score (nSPS) is 12.6. The number of rotatable bonds is 10. The number of aliphatic carboxylic acids is 1. The van der Waals surface area contributed by atoms with Gasteiger partial charge in [-0.1, -0.05) is 38.1 Å². The standard InChI is InChI=1S/C30H33F2N3O5/c1-16(2)12-23(34-30(40)24-10-7-11-25(36)35(24)5)29(39)33-22(15-26(37)38)20-13-19(14-21(31)28(20)32)27-17(3)8-6-9-18(27)4/h6-11,13-14,16,22-23H,12,15H2,1-5H3,(H,33,39)(H,34,40)(H,37,38)/t22-,23-/m0/s1. The van der Waals surface area contributed by atoms with Gasteiger partial charge in [-0.05, 0) is 66.6 Å².